The lowest BCUT2D eigenvalue weighted by Crippen LogP contribution is -2.64. The first-order chi connectivity index (χ1) is 14.3. The normalized spacial score (nSPS) is 24.7. The van der Waals surface area contributed by atoms with Crippen molar-refractivity contribution < 1.29 is 14.4 Å². The van der Waals surface area contributed by atoms with E-state index in [4.69, 9.17) is 10.7 Å². The number of nitrogens with one attached hydrogen (secondary N) is 1. The number of hydrogen-bond acceptors (Lipinski definition) is 9. The van der Waals surface area contributed by atoms with Crippen LogP contribution in [0.15, 0.2) is 14.7 Å². The molecular formula is C18H25N7O3S2. The van der Waals surface area contributed by atoms with E-state index in [1.165, 1.54) is 4.90 Å². The maximum Gasteiger partial charge on any atom is 0.325 e. The quantitative estimate of drug-likeness (QED) is 0.617. The number of aryl methyl sites for hydroxylation is 1. The number of amides is 4. The second-order valence-electron chi connectivity index (χ2n) is 7.65. The lowest BCUT2D eigenvalue weighted by molar-refractivity contribution is -0.127. The Morgan fingerprint density at radius 3 is 2.73 bits per heavy atom. The van der Waals surface area contributed by atoms with Gasteiger partial charge in [-0.05, 0) is 19.8 Å². The summed E-state index contributed by atoms with van der Waals surface area (Å²) < 4.78 is 0.990. The van der Waals surface area contributed by atoms with Crippen LogP contribution < -0.4 is 11.1 Å². The number of primary amides is 1. The molecule has 1 aromatic heterocycles. The molecule has 0 aliphatic carbocycles. The molecule has 3 aliphatic rings. The number of piperidine rings is 1. The minimum Gasteiger partial charge on any atom is -0.369 e. The number of carbonyl (C=O) groups is 3. The highest BCUT2D eigenvalue weighted by Gasteiger charge is 2.49. The molecule has 0 aromatic carbocycles. The molecule has 0 bridgehead atoms. The molecule has 4 rings (SSSR count). The summed E-state index contributed by atoms with van der Waals surface area (Å²) in [4.78, 5) is 51.1. The van der Waals surface area contributed by atoms with E-state index in [0.717, 1.165) is 15.8 Å². The van der Waals surface area contributed by atoms with Gasteiger partial charge >= 0.3 is 6.03 Å². The standard InChI is InChI=1S/C18H25N7O3S2/c1-10-9-30-18(20-10)29-8-7-25-12-14(23(2)17(28)22-15(12)27)21-16(25)24-5-3-11(4-6-24)13(19)26/h9,11-12,14H,3-8H2,1-2H3,(H2,19,26)(H,22,27,28). The number of guanidine groups is 1. The molecule has 1 aromatic rings. The molecule has 3 aliphatic heterocycles. The van der Waals surface area contributed by atoms with Gasteiger partial charge < -0.3 is 20.4 Å². The largest absolute Gasteiger partial charge is 0.369 e. The summed E-state index contributed by atoms with van der Waals surface area (Å²) in [6.45, 7) is 3.83. The minimum absolute atomic E-state index is 0.129. The summed E-state index contributed by atoms with van der Waals surface area (Å²) in [5.74, 6) is 0.714. The third-order valence-electron chi connectivity index (χ3n) is 5.67. The molecule has 0 radical (unpaired) electrons. The van der Waals surface area contributed by atoms with Crippen molar-refractivity contribution in [1.29, 1.82) is 0 Å². The van der Waals surface area contributed by atoms with Crippen LogP contribution in [-0.4, -0.2) is 88.1 Å². The van der Waals surface area contributed by atoms with Gasteiger partial charge in [0.05, 0.1) is 0 Å². The first-order valence-electron chi connectivity index (χ1n) is 9.86. The van der Waals surface area contributed by atoms with E-state index in [-0.39, 0.29) is 17.7 Å². The van der Waals surface area contributed by atoms with Crippen LogP contribution in [0.25, 0.3) is 0 Å². The van der Waals surface area contributed by atoms with Crippen LogP contribution in [-0.2, 0) is 9.59 Å². The van der Waals surface area contributed by atoms with Gasteiger partial charge in [0, 0.05) is 49.4 Å². The van der Waals surface area contributed by atoms with Crippen molar-refractivity contribution >= 4 is 46.9 Å². The molecule has 4 heterocycles. The van der Waals surface area contributed by atoms with Gasteiger partial charge in [-0.15, -0.1) is 11.3 Å². The van der Waals surface area contributed by atoms with Crippen molar-refractivity contribution in [1.82, 2.24) is 25.0 Å². The van der Waals surface area contributed by atoms with E-state index in [9.17, 15) is 14.4 Å². The zero-order valence-corrected chi connectivity index (χ0v) is 18.5. The number of fused-ring (bicyclic) bond motifs is 1. The van der Waals surface area contributed by atoms with E-state index in [1.54, 1.807) is 30.1 Å². The fourth-order valence-corrected chi connectivity index (χ4v) is 5.87. The van der Waals surface area contributed by atoms with Crippen LogP contribution in [0.3, 0.4) is 0 Å². The molecule has 4 amide bonds. The number of imide groups is 1. The number of thiazole rings is 1. The van der Waals surface area contributed by atoms with Crippen LogP contribution in [0.1, 0.15) is 18.5 Å². The maximum absolute atomic E-state index is 12.7. The fraction of sp³-hybridized carbons (Fsp3) is 0.611. The highest BCUT2D eigenvalue weighted by molar-refractivity contribution is 8.01. The van der Waals surface area contributed by atoms with Crippen molar-refractivity contribution in [3.63, 3.8) is 0 Å². The third kappa shape index (κ3) is 3.97. The molecule has 2 saturated heterocycles. The number of thioether (sulfide) groups is 1. The zero-order chi connectivity index (χ0) is 21.4. The number of nitrogens with zero attached hydrogens (tertiary/aromatic N) is 5. The van der Waals surface area contributed by atoms with E-state index >= 15 is 0 Å². The minimum atomic E-state index is -0.560. The first-order valence-corrected chi connectivity index (χ1v) is 11.7. The molecule has 12 heteroatoms. The molecule has 2 unspecified atom stereocenters. The Morgan fingerprint density at radius 1 is 1.37 bits per heavy atom. The lowest BCUT2D eigenvalue weighted by Gasteiger charge is -2.39. The number of urea groups is 1. The van der Waals surface area contributed by atoms with E-state index in [0.29, 0.717) is 38.4 Å². The molecule has 3 N–H and O–H groups in total. The topological polar surface area (TPSA) is 124 Å². The molecule has 2 fully saturated rings. The predicted octanol–water partition coefficient (Wildman–Crippen LogP) is 0.289. The van der Waals surface area contributed by atoms with Crippen LogP contribution in [0.4, 0.5) is 4.79 Å². The summed E-state index contributed by atoms with van der Waals surface area (Å²) >= 11 is 3.25. The summed E-state index contributed by atoms with van der Waals surface area (Å²) in [6, 6.07) is -0.999. The molecule has 0 spiro atoms. The number of likely N-dealkylation sites (tertiary alicyclic amines) is 1. The van der Waals surface area contributed by atoms with E-state index in [2.05, 4.69) is 15.2 Å². The van der Waals surface area contributed by atoms with Crippen LogP contribution in [0, 0.1) is 12.8 Å². The van der Waals surface area contributed by atoms with Crippen molar-refractivity contribution in [3.05, 3.63) is 11.1 Å². The molecule has 2 atom stereocenters. The number of hydrogen-bond donors (Lipinski definition) is 2. The maximum atomic E-state index is 12.7. The van der Waals surface area contributed by atoms with Crippen LogP contribution in [0.2, 0.25) is 0 Å². The van der Waals surface area contributed by atoms with Crippen LogP contribution >= 0.6 is 23.1 Å². The van der Waals surface area contributed by atoms with Gasteiger partial charge in [0.25, 0.3) is 5.91 Å². The Bertz CT molecular complexity index is 881. The SMILES string of the molecule is Cc1csc(SCCN2C(N3CCC(C(N)=O)CC3)=NC3C2C(=O)NC(=O)N3C)n1. The van der Waals surface area contributed by atoms with Crippen molar-refractivity contribution in [2.75, 3.05) is 32.4 Å². The zero-order valence-electron chi connectivity index (χ0n) is 16.9. The van der Waals surface area contributed by atoms with Gasteiger partial charge in [0.2, 0.25) is 5.91 Å². The summed E-state index contributed by atoms with van der Waals surface area (Å²) in [6.07, 6.45) is 0.763. The highest BCUT2D eigenvalue weighted by atomic mass is 32.2. The van der Waals surface area contributed by atoms with Gasteiger partial charge in [-0.3, -0.25) is 14.9 Å². The average molecular weight is 452 g/mol. The van der Waals surface area contributed by atoms with E-state index < -0.39 is 18.2 Å². The number of aromatic nitrogens is 1. The average Bonchev–Trinajstić information content (AvgIpc) is 3.30. The molecule has 10 nitrogen and oxygen atoms in total. The van der Waals surface area contributed by atoms with Gasteiger partial charge in [-0.1, -0.05) is 11.8 Å². The van der Waals surface area contributed by atoms with Gasteiger partial charge in [-0.25, -0.2) is 14.8 Å². The van der Waals surface area contributed by atoms with Crippen molar-refractivity contribution in [3.8, 4) is 0 Å². The number of nitrogens with two attached hydrogens (primary N) is 1. The number of aliphatic imine (C=N–C) groups is 1. The predicted molar refractivity (Wildman–Crippen MR) is 114 cm³/mol. The lowest BCUT2D eigenvalue weighted by atomic mass is 9.96. The van der Waals surface area contributed by atoms with Crippen molar-refractivity contribution in [2.45, 2.75) is 36.3 Å². The molecular weight excluding hydrogens is 426 g/mol. The Kier molecular flexibility index (Phi) is 5.87. The fourth-order valence-electron chi connectivity index (χ4n) is 4.01. The highest BCUT2D eigenvalue weighted by Crippen LogP contribution is 2.29. The summed E-state index contributed by atoms with van der Waals surface area (Å²) in [5.41, 5.74) is 6.46. The van der Waals surface area contributed by atoms with Gasteiger partial charge in [0.15, 0.2) is 18.2 Å². The number of rotatable bonds is 5. The van der Waals surface area contributed by atoms with Crippen molar-refractivity contribution in [2.24, 2.45) is 16.6 Å². The number of carbonyl (C=O) groups excluding carboxylic acids is 3. The Morgan fingerprint density at radius 2 is 2.10 bits per heavy atom. The second kappa shape index (κ2) is 8.42. The Hall–Kier alpha value is -2.34. The van der Waals surface area contributed by atoms with Gasteiger partial charge in [0.1, 0.15) is 4.34 Å². The summed E-state index contributed by atoms with van der Waals surface area (Å²) in [7, 11) is 1.65. The molecule has 30 heavy (non-hydrogen) atoms. The van der Waals surface area contributed by atoms with Gasteiger partial charge in [-0.2, -0.15) is 0 Å². The molecule has 0 saturated carbocycles. The third-order valence-corrected chi connectivity index (χ3v) is 7.79. The first kappa shape index (κ1) is 20.9. The Labute approximate surface area is 182 Å². The smallest absolute Gasteiger partial charge is 0.325 e. The summed E-state index contributed by atoms with van der Waals surface area (Å²) in [5, 5.41) is 4.44. The van der Waals surface area contributed by atoms with E-state index in [1.807, 2.05) is 17.2 Å². The Balaban J connectivity index is 1.51. The monoisotopic (exact) mass is 451 g/mol. The van der Waals surface area contributed by atoms with Crippen LogP contribution in [0.5, 0.6) is 0 Å². The number of likely N-dealkylation sites (N-methyl/N-ethyl adjacent to an activating group) is 1. The molecule has 162 valence electrons. The second-order valence-corrected chi connectivity index (χ2v) is 9.85.